The number of ether oxygens (including phenoxy) is 1. The number of thioether (sulfide) groups is 1. The van der Waals surface area contributed by atoms with E-state index in [1.165, 1.54) is 84.5 Å². The molecule has 8 atom stereocenters. The standard InChI is InChI=1S/C40H72N7O17P3S/c1-5-6-7-8-9-10-11-12-13-14-17-28(2)18-15-16-19-31(49)68-23-22-42-30(48)20-21-43-38(52)35(51)40(3,4)25-61-67(58,59)64-66(56,57)60-24-29-34(63-65(53,54)55)33(50)39(62-29)47-27-46-32-36(41)44-26-45-37(32)47/h26-29,33-35,39,50-51H,5-25H2,1-4H3,(H,42,48)(H,43,52)(H,56,57)(H,58,59)(H2,41,44,45)(H2,53,54,55). The Hall–Kier alpha value is -2.44. The van der Waals surface area contributed by atoms with E-state index in [2.05, 4.69) is 48.3 Å². The number of hydrogen-bond acceptors (Lipinski definition) is 18. The fraction of sp³-hybridized carbons (Fsp3) is 0.800. The van der Waals surface area contributed by atoms with E-state index >= 15 is 0 Å². The van der Waals surface area contributed by atoms with Gasteiger partial charge in [-0.05, 0) is 12.3 Å². The van der Waals surface area contributed by atoms with Crippen LogP contribution in [0.3, 0.4) is 0 Å². The first-order valence-electron chi connectivity index (χ1n) is 23.0. The second-order valence-electron chi connectivity index (χ2n) is 17.6. The van der Waals surface area contributed by atoms with E-state index in [1.807, 2.05) is 0 Å². The number of hydrogen-bond donors (Lipinski definition) is 9. The highest BCUT2D eigenvalue weighted by Gasteiger charge is 2.50. The third-order valence-corrected chi connectivity index (χ3v) is 15.2. The number of phosphoric ester groups is 3. The number of aliphatic hydroxyl groups is 2. The van der Waals surface area contributed by atoms with Crippen LogP contribution >= 0.6 is 35.2 Å². The Morgan fingerprint density at radius 3 is 2.15 bits per heavy atom. The molecular weight excluding hydrogens is 975 g/mol. The summed E-state index contributed by atoms with van der Waals surface area (Å²) in [6.07, 6.45) is 11.0. The average Bonchev–Trinajstić information content (AvgIpc) is 3.82. The number of nitrogens with two attached hydrogens (primary N) is 1. The molecule has 1 aliphatic rings. The monoisotopic (exact) mass is 1050 g/mol. The van der Waals surface area contributed by atoms with Crippen molar-refractivity contribution in [2.24, 2.45) is 11.3 Å². The van der Waals surface area contributed by atoms with Crippen LogP contribution in [0.1, 0.15) is 137 Å². The van der Waals surface area contributed by atoms with E-state index in [0.717, 1.165) is 48.2 Å². The van der Waals surface area contributed by atoms with Crippen LogP contribution < -0.4 is 16.4 Å². The molecule has 24 nitrogen and oxygen atoms in total. The van der Waals surface area contributed by atoms with Gasteiger partial charge < -0.3 is 50.9 Å². The number of rotatable bonds is 35. The molecule has 2 aromatic heterocycles. The first-order chi connectivity index (χ1) is 31.9. The minimum absolute atomic E-state index is 0.0338. The highest BCUT2D eigenvalue weighted by atomic mass is 32.2. The number of anilines is 1. The van der Waals surface area contributed by atoms with Crippen LogP contribution in [-0.4, -0.2) is 123 Å². The van der Waals surface area contributed by atoms with Crippen molar-refractivity contribution in [3.63, 3.8) is 0 Å². The summed E-state index contributed by atoms with van der Waals surface area (Å²) in [6.45, 7) is 5.10. The van der Waals surface area contributed by atoms with E-state index in [0.29, 0.717) is 18.1 Å². The average molecular weight is 1050 g/mol. The molecule has 1 aliphatic heterocycles. The van der Waals surface area contributed by atoms with Crippen LogP contribution in [0.4, 0.5) is 5.82 Å². The number of nitrogen functional groups attached to an aromatic ring is 1. The number of unbranched alkanes of at least 4 members (excludes halogenated alkanes) is 10. The van der Waals surface area contributed by atoms with E-state index < -0.39 is 84.6 Å². The zero-order valence-electron chi connectivity index (χ0n) is 39.3. The summed E-state index contributed by atoms with van der Waals surface area (Å²) >= 11 is 1.16. The third kappa shape index (κ3) is 21.9. The van der Waals surface area contributed by atoms with E-state index in [1.54, 1.807) is 0 Å². The molecule has 68 heavy (non-hydrogen) atoms. The molecule has 2 amide bonds. The lowest BCUT2D eigenvalue weighted by Gasteiger charge is -2.30. The molecule has 3 heterocycles. The molecule has 1 saturated heterocycles. The molecule has 28 heteroatoms. The smallest absolute Gasteiger partial charge is 0.386 e. The van der Waals surface area contributed by atoms with Gasteiger partial charge in [-0.25, -0.2) is 28.6 Å². The molecule has 1 fully saturated rings. The lowest BCUT2D eigenvalue weighted by atomic mass is 9.87. The zero-order chi connectivity index (χ0) is 50.5. The second-order valence-corrected chi connectivity index (χ2v) is 23.0. The van der Waals surface area contributed by atoms with Crippen molar-refractivity contribution in [1.82, 2.24) is 30.2 Å². The van der Waals surface area contributed by atoms with Gasteiger partial charge in [-0.3, -0.25) is 32.5 Å². The quantitative estimate of drug-likeness (QED) is 0.0317. The lowest BCUT2D eigenvalue weighted by molar-refractivity contribution is -0.137. The topological polar surface area (TPSA) is 364 Å². The van der Waals surface area contributed by atoms with Crippen molar-refractivity contribution in [3.05, 3.63) is 12.7 Å². The molecule has 10 N–H and O–H groups in total. The fourth-order valence-corrected chi connectivity index (χ4v) is 10.8. The summed E-state index contributed by atoms with van der Waals surface area (Å²) in [5.41, 5.74) is 4.29. The summed E-state index contributed by atoms with van der Waals surface area (Å²) in [6, 6.07) is 0. The molecular formula is C40H72N7O17P3S. The SMILES string of the molecule is CCCCCCCCCCCCC(C)CCCCC(=O)SCCNC(=O)CCNC(=O)C(O)C(C)(C)COP(=O)(O)OP(=O)(O)OCC1OC(n2cnc3c(N)ncnc32)C(O)C1OP(=O)(O)O. The van der Waals surface area contributed by atoms with Gasteiger partial charge >= 0.3 is 23.5 Å². The Labute approximate surface area is 401 Å². The van der Waals surface area contributed by atoms with E-state index in [9.17, 15) is 57.9 Å². The van der Waals surface area contributed by atoms with E-state index in [-0.39, 0.29) is 41.6 Å². The number of imidazole rings is 1. The van der Waals surface area contributed by atoms with Crippen molar-refractivity contribution in [2.75, 3.05) is 37.8 Å². The molecule has 0 bridgehead atoms. The van der Waals surface area contributed by atoms with Crippen LogP contribution in [-0.2, 0) is 50.7 Å². The summed E-state index contributed by atoms with van der Waals surface area (Å²) in [5.74, 6) is -0.372. The summed E-state index contributed by atoms with van der Waals surface area (Å²) < 4.78 is 62.5. The maximum Gasteiger partial charge on any atom is 0.481 e. The fourth-order valence-electron chi connectivity index (χ4n) is 7.25. The number of amides is 2. The van der Waals surface area contributed by atoms with Crippen LogP contribution in [0.2, 0.25) is 0 Å². The zero-order valence-corrected chi connectivity index (χ0v) is 42.8. The largest absolute Gasteiger partial charge is 0.481 e. The first-order valence-corrected chi connectivity index (χ1v) is 28.5. The van der Waals surface area contributed by atoms with Gasteiger partial charge in [0, 0.05) is 37.1 Å². The first kappa shape index (κ1) is 59.9. The molecule has 0 saturated carbocycles. The van der Waals surface area contributed by atoms with Gasteiger partial charge in [0.15, 0.2) is 22.8 Å². The Balaban J connectivity index is 1.30. The van der Waals surface area contributed by atoms with Gasteiger partial charge in [0.25, 0.3) is 0 Å². The van der Waals surface area contributed by atoms with Gasteiger partial charge in [-0.1, -0.05) is 123 Å². The number of nitrogens with one attached hydrogen (secondary N) is 2. The Morgan fingerprint density at radius 1 is 0.882 bits per heavy atom. The lowest BCUT2D eigenvalue weighted by Crippen LogP contribution is -2.46. The van der Waals surface area contributed by atoms with Gasteiger partial charge in [0.1, 0.15) is 36.3 Å². The minimum atomic E-state index is -5.58. The van der Waals surface area contributed by atoms with E-state index in [4.69, 9.17) is 19.5 Å². The highest BCUT2D eigenvalue weighted by molar-refractivity contribution is 8.13. The Kier molecular flexibility index (Phi) is 25.7. The summed E-state index contributed by atoms with van der Waals surface area (Å²) in [4.78, 5) is 88.5. The van der Waals surface area contributed by atoms with Gasteiger partial charge in [-0.15, -0.1) is 0 Å². The predicted octanol–water partition coefficient (Wildman–Crippen LogP) is 5.17. The third-order valence-electron chi connectivity index (χ3n) is 11.1. The predicted molar refractivity (Wildman–Crippen MR) is 251 cm³/mol. The van der Waals surface area contributed by atoms with Crippen molar-refractivity contribution in [3.8, 4) is 0 Å². The van der Waals surface area contributed by atoms with Crippen LogP contribution in [0, 0.1) is 11.3 Å². The molecule has 2 aromatic rings. The highest BCUT2D eigenvalue weighted by Crippen LogP contribution is 2.61. The maximum atomic E-state index is 12.7. The van der Waals surface area contributed by atoms with Gasteiger partial charge in [-0.2, -0.15) is 4.31 Å². The van der Waals surface area contributed by atoms with Gasteiger partial charge in [0.05, 0.1) is 19.5 Å². The number of carbonyl (C=O) groups excluding carboxylic acids is 3. The van der Waals surface area contributed by atoms with Crippen LogP contribution in [0.15, 0.2) is 12.7 Å². The molecule has 0 aromatic carbocycles. The number of carbonyl (C=O) groups is 3. The van der Waals surface area contributed by atoms with Crippen molar-refractivity contribution >= 4 is 69.1 Å². The number of fused-ring (bicyclic) bond motifs is 1. The molecule has 0 spiro atoms. The summed E-state index contributed by atoms with van der Waals surface area (Å²) in [7, 11) is -16.4. The second kappa shape index (κ2) is 29.2. The number of phosphoric acid groups is 3. The minimum Gasteiger partial charge on any atom is -0.386 e. The molecule has 3 rings (SSSR count). The van der Waals surface area contributed by atoms with Gasteiger partial charge in [0.2, 0.25) is 11.8 Å². The Bertz CT molecular complexity index is 2030. The molecule has 390 valence electrons. The van der Waals surface area contributed by atoms with Crippen LogP contribution in [0.5, 0.6) is 0 Å². The number of aromatic nitrogens is 4. The summed E-state index contributed by atoms with van der Waals surface area (Å²) in [5, 5.41) is 26.7. The maximum absolute atomic E-state index is 12.7. The molecule has 8 unspecified atom stereocenters. The van der Waals surface area contributed by atoms with Crippen LogP contribution in [0.25, 0.3) is 11.2 Å². The molecule has 0 aliphatic carbocycles. The Morgan fingerprint density at radius 2 is 1.50 bits per heavy atom. The van der Waals surface area contributed by atoms with Crippen molar-refractivity contribution < 1.29 is 80.5 Å². The number of nitrogens with zero attached hydrogens (tertiary/aromatic N) is 4. The van der Waals surface area contributed by atoms with Crippen molar-refractivity contribution in [2.45, 2.75) is 161 Å². The van der Waals surface area contributed by atoms with Crippen molar-refractivity contribution in [1.29, 1.82) is 0 Å². The normalized spacial score (nSPS) is 20.4. The molecule has 0 radical (unpaired) electrons. The number of aliphatic hydroxyl groups excluding tert-OH is 2.